The molecule has 0 unspecified atom stereocenters. The highest BCUT2D eigenvalue weighted by Crippen LogP contribution is 2.23. The molecular formula is C17H19N5O. The standard InChI is InChI=1S/C17H19N5O/c1-12-5-3-4-6-14(12)16-19-17-18-13(2)11-15(22(17)20-16)21-7-9-23-10-8-21/h3-6,11H,7-10H2,1-2H3. The summed E-state index contributed by atoms with van der Waals surface area (Å²) < 4.78 is 7.30. The zero-order valence-electron chi connectivity index (χ0n) is 13.4. The van der Waals surface area contributed by atoms with Crippen molar-refractivity contribution in [3.8, 4) is 11.4 Å². The van der Waals surface area contributed by atoms with Gasteiger partial charge in [-0.25, -0.2) is 4.98 Å². The summed E-state index contributed by atoms with van der Waals surface area (Å²) in [5, 5.41) is 4.72. The summed E-state index contributed by atoms with van der Waals surface area (Å²) in [6.45, 7) is 7.26. The summed E-state index contributed by atoms with van der Waals surface area (Å²) in [6, 6.07) is 10.2. The van der Waals surface area contributed by atoms with Crippen LogP contribution in [0.15, 0.2) is 30.3 Å². The van der Waals surface area contributed by atoms with Crippen molar-refractivity contribution in [2.75, 3.05) is 31.2 Å². The fourth-order valence-electron chi connectivity index (χ4n) is 2.92. The molecule has 1 aliphatic heterocycles. The first-order valence-corrected chi connectivity index (χ1v) is 7.85. The van der Waals surface area contributed by atoms with Crippen molar-refractivity contribution < 1.29 is 4.74 Å². The Labute approximate surface area is 134 Å². The zero-order valence-corrected chi connectivity index (χ0v) is 13.4. The molecule has 0 atom stereocenters. The van der Waals surface area contributed by atoms with E-state index in [0.29, 0.717) is 5.78 Å². The van der Waals surface area contributed by atoms with Crippen LogP contribution in [-0.2, 0) is 4.74 Å². The van der Waals surface area contributed by atoms with Crippen LogP contribution in [0.4, 0.5) is 5.82 Å². The Bertz CT molecular complexity index is 851. The lowest BCUT2D eigenvalue weighted by atomic mass is 10.1. The number of rotatable bonds is 2. The Morgan fingerprint density at radius 3 is 2.61 bits per heavy atom. The molecule has 1 aromatic carbocycles. The molecule has 0 amide bonds. The number of fused-ring (bicyclic) bond motifs is 1. The Morgan fingerprint density at radius 2 is 1.83 bits per heavy atom. The molecule has 6 nitrogen and oxygen atoms in total. The molecule has 0 N–H and O–H groups in total. The Kier molecular flexibility index (Phi) is 3.46. The molecule has 1 fully saturated rings. The number of nitrogens with zero attached hydrogens (tertiary/aromatic N) is 5. The molecule has 3 heterocycles. The van der Waals surface area contributed by atoms with Gasteiger partial charge in [-0.3, -0.25) is 0 Å². The van der Waals surface area contributed by atoms with Crippen LogP contribution in [0.1, 0.15) is 11.3 Å². The quantitative estimate of drug-likeness (QED) is 0.727. The van der Waals surface area contributed by atoms with Crippen LogP contribution in [0.25, 0.3) is 17.2 Å². The molecule has 118 valence electrons. The van der Waals surface area contributed by atoms with E-state index < -0.39 is 0 Å². The summed E-state index contributed by atoms with van der Waals surface area (Å²) in [5.41, 5.74) is 3.15. The number of morpholine rings is 1. The Balaban J connectivity index is 1.86. The molecule has 2 aromatic heterocycles. The number of hydrogen-bond acceptors (Lipinski definition) is 5. The third kappa shape index (κ3) is 2.55. The van der Waals surface area contributed by atoms with Gasteiger partial charge in [0.25, 0.3) is 5.78 Å². The van der Waals surface area contributed by atoms with E-state index in [1.807, 2.05) is 29.6 Å². The fraction of sp³-hybridized carbons (Fsp3) is 0.353. The second-order valence-electron chi connectivity index (χ2n) is 5.82. The SMILES string of the molecule is Cc1cc(N2CCOCC2)n2nc(-c3ccccc3C)nc2n1. The first kappa shape index (κ1) is 14.1. The minimum atomic E-state index is 0.643. The van der Waals surface area contributed by atoms with Gasteiger partial charge in [0.2, 0.25) is 0 Å². The number of benzene rings is 1. The van der Waals surface area contributed by atoms with E-state index in [9.17, 15) is 0 Å². The largest absolute Gasteiger partial charge is 0.378 e. The molecule has 0 radical (unpaired) electrons. The third-order valence-electron chi connectivity index (χ3n) is 4.14. The highest BCUT2D eigenvalue weighted by molar-refractivity contribution is 5.62. The summed E-state index contributed by atoms with van der Waals surface area (Å²) in [5.74, 6) is 2.39. The fourth-order valence-corrected chi connectivity index (χ4v) is 2.92. The second-order valence-corrected chi connectivity index (χ2v) is 5.82. The monoisotopic (exact) mass is 309 g/mol. The van der Waals surface area contributed by atoms with E-state index in [0.717, 1.165) is 54.8 Å². The maximum absolute atomic E-state index is 5.45. The highest BCUT2D eigenvalue weighted by atomic mass is 16.5. The topological polar surface area (TPSA) is 55.6 Å². The predicted molar refractivity (Wildman–Crippen MR) is 88.7 cm³/mol. The molecule has 1 saturated heterocycles. The maximum Gasteiger partial charge on any atom is 0.254 e. The number of ether oxygens (including phenoxy) is 1. The van der Waals surface area contributed by atoms with Gasteiger partial charge >= 0.3 is 0 Å². The van der Waals surface area contributed by atoms with Gasteiger partial charge in [-0.2, -0.15) is 9.50 Å². The number of aryl methyl sites for hydroxylation is 2. The summed E-state index contributed by atoms with van der Waals surface area (Å²) >= 11 is 0. The van der Waals surface area contributed by atoms with Crippen molar-refractivity contribution in [3.05, 3.63) is 41.6 Å². The van der Waals surface area contributed by atoms with Crippen LogP contribution in [0.2, 0.25) is 0 Å². The molecule has 3 aromatic rings. The van der Waals surface area contributed by atoms with E-state index >= 15 is 0 Å². The van der Waals surface area contributed by atoms with E-state index in [4.69, 9.17) is 9.84 Å². The minimum Gasteiger partial charge on any atom is -0.378 e. The first-order chi connectivity index (χ1) is 11.2. The molecule has 0 bridgehead atoms. The molecule has 0 spiro atoms. The van der Waals surface area contributed by atoms with Crippen molar-refractivity contribution >= 4 is 11.6 Å². The van der Waals surface area contributed by atoms with Gasteiger partial charge in [-0.15, -0.1) is 5.10 Å². The predicted octanol–water partition coefficient (Wildman–Crippen LogP) is 2.24. The van der Waals surface area contributed by atoms with Gasteiger partial charge in [0.15, 0.2) is 5.82 Å². The molecule has 1 aliphatic rings. The van der Waals surface area contributed by atoms with Crippen LogP contribution < -0.4 is 4.90 Å². The zero-order chi connectivity index (χ0) is 15.8. The van der Waals surface area contributed by atoms with Crippen LogP contribution in [-0.4, -0.2) is 45.9 Å². The van der Waals surface area contributed by atoms with Crippen molar-refractivity contribution in [1.29, 1.82) is 0 Å². The van der Waals surface area contributed by atoms with Crippen molar-refractivity contribution in [3.63, 3.8) is 0 Å². The van der Waals surface area contributed by atoms with Crippen LogP contribution >= 0.6 is 0 Å². The van der Waals surface area contributed by atoms with Crippen molar-refractivity contribution in [2.24, 2.45) is 0 Å². The average molecular weight is 309 g/mol. The van der Waals surface area contributed by atoms with Gasteiger partial charge in [-0.1, -0.05) is 24.3 Å². The smallest absolute Gasteiger partial charge is 0.254 e. The molecule has 0 aliphatic carbocycles. The highest BCUT2D eigenvalue weighted by Gasteiger charge is 2.18. The van der Waals surface area contributed by atoms with Gasteiger partial charge < -0.3 is 9.64 Å². The summed E-state index contributed by atoms with van der Waals surface area (Å²) in [6.07, 6.45) is 0. The van der Waals surface area contributed by atoms with Crippen LogP contribution in [0, 0.1) is 13.8 Å². The Morgan fingerprint density at radius 1 is 1.04 bits per heavy atom. The normalized spacial score (nSPS) is 15.3. The second kappa shape index (κ2) is 5.62. The summed E-state index contributed by atoms with van der Waals surface area (Å²) in [4.78, 5) is 11.5. The number of aromatic nitrogens is 4. The molecule has 6 heteroatoms. The van der Waals surface area contributed by atoms with Crippen LogP contribution in [0.3, 0.4) is 0 Å². The first-order valence-electron chi connectivity index (χ1n) is 7.85. The van der Waals surface area contributed by atoms with Crippen molar-refractivity contribution in [2.45, 2.75) is 13.8 Å². The van der Waals surface area contributed by atoms with E-state index in [1.165, 1.54) is 0 Å². The average Bonchev–Trinajstić information content (AvgIpc) is 2.99. The lowest BCUT2D eigenvalue weighted by Gasteiger charge is -2.28. The van der Waals surface area contributed by atoms with Gasteiger partial charge in [-0.05, 0) is 19.4 Å². The lowest BCUT2D eigenvalue weighted by molar-refractivity contribution is 0.122. The van der Waals surface area contributed by atoms with Gasteiger partial charge in [0.05, 0.1) is 13.2 Å². The van der Waals surface area contributed by atoms with Gasteiger partial charge in [0, 0.05) is 30.4 Å². The Hall–Kier alpha value is -2.47. The van der Waals surface area contributed by atoms with E-state index in [1.54, 1.807) is 0 Å². The van der Waals surface area contributed by atoms with Crippen molar-refractivity contribution in [1.82, 2.24) is 19.6 Å². The molecule has 4 rings (SSSR count). The lowest BCUT2D eigenvalue weighted by Crippen LogP contribution is -2.37. The minimum absolute atomic E-state index is 0.643. The summed E-state index contributed by atoms with van der Waals surface area (Å²) in [7, 11) is 0. The number of hydrogen-bond donors (Lipinski definition) is 0. The molecular weight excluding hydrogens is 290 g/mol. The maximum atomic E-state index is 5.45. The molecule has 0 saturated carbocycles. The number of anilines is 1. The van der Waals surface area contributed by atoms with E-state index in [-0.39, 0.29) is 0 Å². The van der Waals surface area contributed by atoms with E-state index in [2.05, 4.69) is 33.9 Å². The van der Waals surface area contributed by atoms with Crippen LogP contribution in [0.5, 0.6) is 0 Å². The van der Waals surface area contributed by atoms with Gasteiger partial charge in [0.1, 0.15) is 5.82 Å². The molecule has 23 heavy (non-hydrogen) atoms. The third-order valence-corrected chi connectivity index (χ3v) is 4.14.